The summed E-state index contributed by atoms with van der Waals surface area (Å²) < 4.78 is 38.4. The van der Waals surface area contributed by atoms with Gasteiger partial charge in [-0.2, -0.15) is 13.2 Å². The molecular formula is C18H25F3N4O2. The molecule has 6 nitrogen and oxygen atoms in total. The van der Waals surface area contributed by atoms with Gasteiger partial charge in [0.15, 0.2) is 0 Å². The first-order valence-corrected chi connectivity index (χ1v) is 8.73. The van der Waals surface area contributed by atoms with Crippen LogP contribution in [-0.2, 0) is 22.3 Å². The summed E-state index contributed by atoms with van der Waals surface area (Å²) in [5, 5.41) is 2.59. The number of carbonyl (C=O) groups excluding carboxylic acids is 2. The van der Waals surface area contributed by atoms with E-state index < -0.39 is 11.7 Å². The minimum atomic E-state index is -4.34. The number of rotatable bonds is 6. The van der Waals surface area contributed by atoms with E-state index >= 15 is 0 Å². The van der Waals surface area contributed by atoms with Crippen LogP contribution in [0.2, 0.25) is 0 Å². The van der Waals surface area contributed by atoms with Gasteiger partial charge in [0.1, 0.15) is 0 Å². The van der Waals surface area contributed by atoms with E-state index in [-0.39, 0.29) is 24.9 Å². The standard InChI is InChI=1S/C18H25F3N4O2/c1-23(2)17(27)11-22-16(26)13-25-8-6-24(7-9-25)12-14-4-3-5-15(10-14)18(19,20)21/h3-5,10H,6-9,11-13H2,1-2H3,(H,22,26). The van der Waals surface area contributed by atoms with E-state index in [9.17, 15) is 22.8 Å². The molecule has 0 radical (unpaired) electrons. The Balaban J connectivity index is 1.75. The van der Waals surface area contributed by atoms with Crippen molar-refractivity contribution < 1.29 is 22.8 Å². The zero-order valence-corrected chi connectivity index (χ0v) is 15.6. The lowest BCUT2D eigenvalue weighted by atomic mass is 10.1. The lowest BCUT2D eigenvalue weighted by molar-refractivity contribution is -0.137. The second kappa shape index (κ2) is 9.18. The second-order valence-electron chi connectivity index (χ2n) is 6.82. The molecule has 1 saturated heterocycles. The van der Waals surface area contributed by atoms with Gasteiger partial charge in [-0.15, -0.1) is 0 Å². The van der Waals surface area contributed by atoms with Crippen molar-refractivity contribution in [2.45, 2.75) is 12.7 Å². The predicted molar refractivity (Wildman–Crippen MR) is 94.9 cm³/mol. The molecule has 0 aromatic heterocycles. The largest absolute Gasteiger partial charge is 0.416 e. The monoisotopic (exact) mass is 386 g/mol. The van der Waals surface area contributed by atoms with Gasteiger partial charge in [0.05, 0.1) is 18.7 Å². The van der Waals surface area contributed by atoms with Crippen LogP contribution in [0.25, 0.3) is 0 Å². The first kappa shape index (κ1) is 21.2. The van der Waals surface area contributed by atoms with Crippen LogP contribution in [0.4, 0.5) is 13.2 Å². The molecule has 0 atom stereocenters. The van der Waals surface area contributed by atoms with Crippen molar-refractivity contribution in [2.24, 2.45) is 0 Å². The predicted octanol–water partition coefficient (Wildman–Crippen LogP) is 1.03. The average molecular weight is 386 g/mol. The number of nitrogens with one attached hydrogen (secondary N) is 1. The summed E-state index contributed by atoms with van der Waals surface area (Å²) in [5.41, 5.74) is -0.0132. The first-order chi connectivity index (χ1) is 12.6. The molecule has 0 saturated carbocycles. The van der Waals surface area contributed by atoms with Crippen molar-refractivity contribution in [1.82, 2.24) is 20.0 Å². The van der Waals surface area contributed by atoms with Crippen molar-refractivity contribution in [1.29, 1.82) is 0 Å². The van der Waals surface area contributed by atoms with E-state index in [4.69, 9.17) is 0 Å². The van der Waals surface area contributed by atoms with Crippen LogP contribution in [-0.4, -0.2) is 79.9 Å². The number of benzene rings is 1. The van der Waals surface area contributed by atoms with Gasteiger partial charge < -0.3 is 10.2 Å². The Hall–Kier alpha value is -2.13. The van der Waals surface area contributed by atoms with Gasteiger partial charge in [-0.05, 0) is 11.6 Å². The molecule has 1 aromatic rings. The molecule has 0 spiro atoms. The molecule has 9 heteroatoms. The first-order valence-electron chi connectivity index (χ1n) is 8.73. The summed E-state index contributed by atoms with van der Waals surface area (Å²) in [4.78, 5) is 28.8. The zero-order chi connectivity index (χ0) is 20.0. The Morgan fingerprint density at radius 3 is 2.33 bits per heavy atom. The minimum absolute atomic E-state index is 0.0264. The topological polar surface area (TPSA) is 55.9 Å². The number of piperazine rings is 1. The normalized spacial score (nSPS) is 16.2. The lowest BCUT2D eigenvalue weighted by Crippen LogP contribution is -2.49. The molecule has 27 heavy (non-hydrogen) atoms. The molecule has 0 aliphatic carbocycles. The van der Waals surface area contributed by atoms with E-state index in [1.54, 1.807) is 20.2 Å². The molecule has 0 unspecified atom stereocenters. The average Bonchev–Trinajstić information content (AvgIpc) is 2.61. The fourth-order valence-corrected chi connectivity index (χ4v) is 2.80. The Bertz CT molecular complexity index is 656. The molecule has 1 fully saturated rings. The fourth-order valence-electron chi connectivity index (χ4n) is 2.80. The lowest BCUT2D eigenvalue weighted by Gasteiger charge is -2.34. The Kier molecular flexibility index (Phi) is 7.20. The van der Waals surface area contributed by atoms with Gasteiger partial charge in [-0.25, -0.2) is 0 Å². The highest BCUT2D eigenvalue weighted by molar-refractivity contribution is 5.85. The van der Waals surface area contributed by atoms with Gasteiger partial charge in [-0.3, -0.25) is 19.4 Å². The molecule has 1 N–H and O–H groups in total. The highest BCUT2D eigenvalue weighted by Gasteiger charge is 2.30. The highest BCUT2D eigenvalue weighted by Crippen LogP contribution is 2.29. The summed E-state index contributed by atoms with van der Waals surface area (Å²) >= 11 is 0. The van der Waals surface area contributed by atoms with Crippen molar-refractivity contribution in [3.8, 4) is 0 Å². The maximum absolute atomic E-state index is 12.8. The quantitative estimate of drug-likeness (QED) is 0.794. The molecule has 2 rings (SSSR count). The summed E-state index contributed by atoms with van der Waals surface area (Å²) in [7, 11) is 3.25. The van der Waals surface area contributed by atoms with Gasteiger partial charge in [0, 0.05) is 46.8 Å². The van der Waals surface area contributed by atoms with Gasteiger partial charge in [-0.1, -0.05) is 18.2 Å². The van der Waals surface area contributed by atoms with Crippen LogP contribution in [0.3, 0.4) is 0 Å². The van der Waals surface area contributed by atoms with E-state index in [0.29, 0.717) is 38.3 Å². The third kappa shape index (κ3) is 6.84. The zero-order valence-electron chi connectivity index (χ0n) is 15.6. The highest BCUT2D eigenvalue weighted by atomic mass is 19.4. The summed E-state index contributed by atoms with van der Waals surface area (Å²) in [5.74, 6) is -0.384. The number of halogens is 3. The van der Waals surface area contributed by atoms with Crippen LogP contribution < -0.4 is 5.32 Å². The number of hydrogen-bond donors (Lipinski definition) is 1. The molecule has 1 heterocycles. The number of hydrogen-bond acceptors (Lipinski definition) is 4. The van der Waals surface area contributed by atoms with E-state index in [0.717, 1.165) is 6.07 Å². The van der Waals surface area contributed by atoms with Crippen molar-refractivity contribution >= 4 is 11.8 Å². The second-order valence-corrected chi connectivity index (χ2v) is 6.82. The number of nitrogens with zero attached hydrogens (tertiary/aromatic N) is 3. The number of alkyl halides is 3. The summed E-state index contributed by atoms with van der Waals surface area (Å²) in [6, 6.07) is 5.37. The Morgan fingerprint density at radius 2 is 1.74 bits per heavy atom. The number of carbonyl (C=O) groups is 2. The SMILES string of the molecule is CN(C)C(=O)CNC(=O)CN1CCN(Cc2cccc(C(F)(F)F)c2)CC1. The smallest absolute Gasteiger partial charge is 0.347 e. The van der Waals surface area contributed by atoms with Crippen LogP contribution in [0, 0.1) is 0 Å². The minimum Gasteiger partial charge on any atom is -0.347 e. The van der Waals surface area contributed by atoms with E-state index in [1.807, 2.05) is 4.90 Å². The third-order valence-corrected chi connectivity index (χ3v) is 4.43. The Labute approximate surface area is 156 Å². The number of likely N-dealkylation sites (N-methyl/N-ethyl adjacent to an activating group) is 1. The van der Waals surface area contributed by atoms with Crippen LogP contribution >= 0.6 is 0 Å². The van der Waals surface area contributed by atoms with Crippen LogP contribution in [0.1, 0.15) is 11.1 Å². The van der Waals surface area contributed by atoms with Crippen molar-refractivity contribution in [3.05, 3.63) is 35.4 Å². The van der Waals surface area contributed by atoms with Crippen LogP contribution in [0.15, 0.2) is 24.3 Å². The summed E-state index contributed by atoms with van der Waals surface area (Å²) in [6.07, 6.45) is -4.34. The maximum Gasteiger partial charge on any atom is 0.416 e. The number of amides is 2. The van der Waals surface area contributed by atoms with Crippen molar-refractivity contribution in [3.63, 3.8) is 0 Å². The van der Waals surface area contributed by atoms with Gasteiger partial charge in [0.25, 0.3) is 0 Å². The molecule has 1 aliphatic rings. The molecule has 150 valence electrons. The van der Waals surface area contributed by atoms with Crippen molar-refractivity contribution in [2.75, 3.05) is 53.4 Å². The third-order valence-electron chi connectivity index (χ3n) is 4.43. The molecule has 2 amide bonds. The van der Waals surface area contributed by atoms with E-state index in [2.05, 4.69) is 10.2 Å². The molecule has 1 aromatic carbocycles. The molecule has 0 bridgehead atoms. The maximum atomic E-state index is 12.8. The van der Waals surface area contributed by atoms with Gasteiger partial charge in [0.2, 0.25) is 11.8 Å². The van der Waals surface area contributed by atoms with Gasteiger partial charge >= 0.3 is 6.18 Å². The Morgan fingerprint density at radius 1 is 1.11 bits per heavy atom. The molecular weight excluding hydrogens is 361 g/mol. The molecule has 1 aliphatic heterocycles. The van der Waals surface area contributed by atoms with E-state index in [1.165, 1.54) is 17.0 Å². The summed E-state index contributed by atoms with van der Waals surface area (Å²) in [6.45, 7) is 3.25. The fraction of sp³-hybridized carbons (Fsp3) is 0.556. The van der Waals surface area contributed by atoms with Crippen LogP contribution in [0.5, 0.6) is 0 Å².